The Kier molecular flexibility index (Phi) is 2.94. The van der Waals surface area contributed by atoms with Crippen LogP contribution in [0.3, 0.4) is 0 Å². The first kappa shape index (κ1) is 11.2. The predicted molar refractivity (Wildman–Crippen MR) is 70.1 cm³/mol. The molecule has 2 rings (SSSR count). The number of carbonyl (C=O) groups is 1. The predicted octanol–water partition coefficient (Wildman–Crippen LogP) is 3.68. The van der Waals surface area contributed by atoms with Crippen LogP contribution in [-0.4, -0.2) is 5.91 Å². The lowest BCUT2D eigenvalue weighted by molar-refractivity contribution is -0.120. The molecule has 1 aliphatic rings. The van der Waals surface area contributed by atoms with E-state index in [2.05, 4.69) is 27.9 Å². The van der Waals surface area contributed by atoms with Gasteiger partial charge >= 0.3 is 0 Å². The van der Waals surface area contributed by atoms with Crippen molar-refractivity contribution in [3.05, 3.63) is 26.8 Å². The Balaban J connectivity index is 2.16. The summed E-state index contributed by atoms with van der Waals surface area (Å²) in [6.45, 7) is 1.98. The first-order chi connectivity index (χ1) is 7.01. The maximum absolute atomic E-state index is 11.8. The fraction of sp³-hybridized carbons (Fsp3) is 0.364. The van der Waals surface area contributed by atoms with Gasteiger partial charge in [0.05, 0.1) is 10.7 Å². The molecule has 80 valence electrons. The van der Waals surface area contributed by atoms with Crippen molar-refractivity contribution in [2.45, 2.75) is 19.8 Å². The maximum Gasteiger partial charge on any atom is 0.230 e. The molecule has 0 spiro atoms. The van der Waals surface area contributed by atoms with Crippen LogP contribution in [0.15, 0.2) is 18.2 Å². The monoisotopic (exact) mass is 335 g/mol. The molecule has 0 bridgehead atoms. The lowest BCUT2D eigenvalue weighted by Crippen LogP contribution is -2.21. The standard InChI is InChI=1S/C11H11ClINO/c1-11(4-5-11)10(15)14-9-6-7(13)2-3-8(9)12/h2-3,6H,4-5H2,1H3,(H,14,15). The molecule has 0 atom stereocenters. The molecular formula is C11H11ClINO. The Morgan fingerprint density at radius 3 is 2.80 bits per heavy atom. The molecule has 1 N–H and O–H groups in total. The maximum atomic E-state index is 11.8. The van der Waals surface area contributed by atoms with Crippen LogP contribution in [0.5, 0.6) is 0 Å². The van der Waals surface area contributed by atoms with Gasteiger partial charge in [-0.05, 0) is 53.6 Å². The van der Waals surface area contributed by atoms with Gasteiger partial charge < -0.3 is 5.32 Å². The summed E-state index contributed by atoms with van der Waals surface area (Å²) < 4.78 is 1.06. The van der Waals surface area contributed by atoms with Crippen LogP contribution >= 0.6 is 34.2 Å². The van der Waals surface area contributed by atoms with E-state index in [-0.39, 0.29) is 11.3 Å². The zero-order valence-electron chi connectivity index (χ0n) is 8.31. The average Bonchev–Trinajstić information content (AvgIpc) is 2.91. The minimum Gasteiger partial charge on any atom is -0.324 e. The highest BCUT2D eigenvalue weighted by Crippen LogP contribution is 2.46. The van der Waals surface area contributed by atoms with Crippen molar-refractivity contribution in [3.8, 4) is 0 Å². The van der Waals surface area contributed by atoms with E-state index in [4.69, 9.17) is 11.6 Å². The Morgan fingerprint density at radius 2 is 2.20 bits per heavy atom. The number of anilines is 1. The highest BCUT2D eigenvalue weighted by atomic mass is 127. The number of nitrogens with one attached hydrogen (secondary N) is 1. The molecule has 4 heteroatoms. The van der Waals surface area contributed by atoms with Crippen molar-refractivity contribution >= 4 is 45.8 Å². The average molecular weight is 336 g/mol. The summed E-state index contributed by atoms with van der Waals surface area (Å²) in [5.41, 5.74) is 0.548. The molecule has 1 saturated carbocycles. The van der Waals surface area contributed by atoms with Crippen LogP contribution in [0, 0.1) is 8.99 Å². The molecule has 15 heavy (non-hydrogen) atoms. The van der Waals surface area contributed by atoms with E-state index >= 15 is 0 Å². The van der Waals surface area contributed by atoms with E-state index in [1.807, 2.05) is 19.1 Å². The van der Waals surface area contributed by atoms with E-state index in [1.54, 1.807) is 6.07 Å². The van der Waals surface area contributed by atoms with Crippen LogP contribution in [-0.2, 0) is 4.79 Å². The molecule has 0 radical (unpaired) electrons. The summed E-state index contributed by atoms with van der Waals surface area (Å²) >= 11 is 8.19. The van der Waals surface area contributed by atoms with Crippen molar-refractivity contribution in [2.24, 2.45) is 5.41 Å². The lowest BCUT2D eigenvalue weighted by Gasteiger charge is -2.11. The van der Waals surface area contributed by atoms with Gasteiger partial charge in [-0.25, -0.2) is 0 Å². The van der Waals surface area contributed by atoms with Gasteiger partial charge in [-0.1, -0.05) is 18.5 Å². The Bertz CT molecular complexity index is 415. The first-order valence-electron chi connectivity index (χ1n) is 4.78. The molecule has 0 saturated heterocycles. The third-order valence-electron chi connectivity index (χ3n) is 2.72. The van der Waals surface area contributed by atoms with Gasteiger partial charge in [0, 0.05) is 8.99 Å². The molecule has 1 fully saturated rings. The number of hydrogen-bond donors (Lipinski definition) is 1. The van der Waals surface area contributed by atoms with E-state index in [0.29, 0.717) is 10.7 Å². The molecule has 0 heterocycles. The highest BCUT2D eigenvalue weighted by molar-refractivity contribution is 14.1. The van der Waals surface area contributed by atoms with Crippen LogP contribution in [0.2, 0.25) is 5.02 Å². The molecule has 1 aromatic rings. The highest BCUT2D eigenvalue weighted by Gasteiger charge is 2.44. The molecular weight excluding hydrogens is 324 g/mol. The Labute approximate surface area is 108 Å². The van der Waals surface area contributed by atoms with Crippen LogP contribution in [0.1, 0.15) is 19.8 Å². The van der Waals surface area contributed by atoms with Gasteiger partial charge in [-0.2, -0.15) is 0 Å². The molecule has 0 aromatic heterocycles. The van der Waals surface area contributed by atoms with Gasteiger partial charge in [0.1, 0.15) is 0 Å². The van der Waals surface area contributed by atoms with E-state index < -0.39 is 0 Å². The molecule has 0 unspecified atom stereocenters. The smallest absolute Gasteiger partial charge is 0.230 e. The number of rotatable bonds is 2. The van der Waals surface area contributed by atoms with Crippen LogP contribution in [0.25, 0.3) is 0 Å². The molecule has 1 aromatic carbocycles. The third-order valence-corrected chi connectivity index (χ3v) is 3.73. The normalized spacial score (nSPS) is 17.3. The topological polar surface area (TPSA) is 29.1 Å². The quantitative estimate of drug-likeness (QED) is 0.821. The van der Waals surface area contributed by atoms with Crippen molar-refractivity contribution in [3.63, 3.8) is 0 Å². The second kappa shape index (κ2) is 3.94. The number of amides is 1. The van der Waals surface area contributed by atoms with Gasteiger partial charge in [0.25, 0.3) is 0 Å². The van der Waals surface area contributed by atoms with Gasteiger partial charge in [-0.15, -0.1) is 0 Å². The van der Waals surface area contributed by atoms with Crippen LogP contribution < -0.4 is 5.32 Å². The second-order valence-electron chi connectivity index (χ2n) is 4.14. The number of carbonyl (C=O) groups excluding carboxylic acids is 1. The lowest BCUT2D eigenvalue weighted by atomic mass is 10.1. The minimum atomic E-state index is -0.162. The van der Waals surface area contributed by atoms with Crippen molar-refractivity contribution in [1.82, 2.24) is 0 Å². The first-order valence-corrected chi connectivity index (χ1v) is 6.23. The molecule has 1 aliphatic carbocycles. The third kappa shape index (κ3) is 2.45. The Morgan fingerprint density at radius 1 is 1.53 bits per heavy atom. The Hall–Kier alpha value is -0.290. The van der Waals surface area contributed by atoms with Crippen molar-refractivity contribution in [2.75, 3.05) is 5.32 Å². The molecule has 0 aliphatic heterocycles. The fourth-order valence-corrected chi connectivity index (χ4v) is 1.94. The number of benzene rings is 1. The van der Waals surface area contributed by atoms with Crippen LogP contribution in [0.4, 0.5) is 5.69 Å². The summed E-state index contributed by atoms with van der Waals surface area (Å²) in [5.74, 6) is 0.0754. The summed E-state index contributed by atoms with van der Waals surface area (Å²) in [6.07, 6.45) is 1.95. The zero-order valence-corrected chi connectivity index (χ0v) is 11.2. The molecule has 2 nitrogen and oxygen atoms in total. The summed E-state index contributed by atoms with van der Waals surface area (Å²) in [7, 11) is 0. The largest absolute Gasteiger partial charge is 0.324 e. The number of halogens is 2. The molecule has 1 amide bonds. The fourth-order valence-electron chi connectivity index (χ4n) is 1.28. The summed E-state index contributed by atoms with van der Waals surface area (Å²) in [5, 5.41) is 3.47. The van der Waals surface area contributed by atoms with Crippen molar-refractivity contribution < 1.29 is 4.79 Å². The van der Waals surface area contributed by atoms with Gasteiger partial charge in [0.2, 0.25) is 5.91 Å². The minimum absolute atomic E-state index is 0.0754. The van der Waals surface area contributed by atoms with E-state index in [9.17, 15) is 4.79 Å². The second-order valence-corrected chi connectivity index (χ2v) is 5.79. The van der Waals surface area contributed by atoms with Gasteiger partial charge in [0.15, 0.2) is 0 Å². The SMILES string of the molecule is CC1(C(=O)Nc2cc(I)ccc2Cl)CC1. The number of hydrogen-bond acceptors (Lipinski definition) is 1. The zero-order chi connectivity index (χ0) is 11.1. The van der Waals surface area contributed by atoms with E-state index in [0.717, 1.165) is 16.4 Å². The summed E-state index contributed by atoms with van der Waals surface area (Å²) in [6, 6.07) is 5.60. The van der Waals surface area contributed by atoms with Crippen molar-refractivity contribution in [1.29, 1.82) is 0 Å². The van der Waals surface area contributed by atoms with E-state index in [1.165, 1.54) is 0 Å². The van der Waals surface area contributed by atoms with Gasteiger partial charge in [-0.3, -0.25) is 4.79 Å². The summed E-state index contributed by atoms with van der Waals surface area (Å²) in [4.78, 5) is 11.8.